The quantitative estimate of drug-likeness (QED) is 0.0357. The summed E-state index contributed by atoms with van der Waals surface area (Å²) in [5.41, 5.74) is 6.03. The van der Waals surface area contributed by atoms with Crippen molar-refractivity contribution in [1.29, 1.82) is 0 Å². The van der Waals surface area contributed by atoms with Gasteiger partial charge in [0.15, 0.2) is 19.3 Å². The van der Waals surface area contributed by atoms with Crippen LogP contribution in [-0.4, -0.2) is 19.9 Å². The van der Waals surface area contributed by atoms with Crippen LogP contribution >= 0.6 is 90.7 Å². The van der Waals surface area contributed by atoms with E-state index in [0.717, 1.165) is 49.5 Å². The van der Waals surface area contributed by atoms with E-state index in [-0.39, 0.29) is 0 Å². The maximum atomic E-state index is 5.64. The fourth-order valence-electron chi connectivity index (χ4n) is 13.7. The number of hydrogen-bond acceptors (Lipinski definition) is 12. The van der Waals surface area contributed by atoms with Gasteiger partial charge >= 0.3 is 0 Å². The number of aromatic nitrogens is 4. The summed E-state index contributed by atoms with van der Waals surface area (Å²) in [5, 5.41) is 4.70. The van der Waals surface area contributed by atoms with E-state index in [0.29, 0.717) is 5.92 Å². The first-order valence-corrected chi connectivity index (χ1v) is 43.8. The van der Waals surface area contributed by atoms with E-state index in [1.54, 1.807) is 0 Å². The first kappa shape index (κ1) is 73.6. The molecule has 0 spiro atoms. The van der Waals surface area contributed by atoms with Gasteiger partial charge in [-0.2, -0.15) is 0 Å². The van der Waals surface area contributed by atoms with Gasteiger partial charge in [0.25, 0.3) is 0 Å². The van der Waals surface area contributed by atoms with Crippen molar-refractivity contribution >= 4 is 110 Å². The highest BCUT2D eigenvalue weighted by molar-refractivity contribution is 7.34. The van der Waals surface area contributed by atoms with Gasteiger partial charge in [0.05, 0.1) is 19.5 Å². The predicted molar refractivity (Wildman–Crippen MR) is 413 cm³/mol. The third kappa shape index (κ3) is 23.6. The molecule has 90 heavy (non-hydrogen) atoms. The Balaban J connectivity index is 1.09. The molecular formula is C78H118N4S8. The Morgan fingerprint density at radius 2 is 0.511 bits per heavy atom. The zero-order valence-electron chi connectivity index (χ0n) is 57.6. The zero-order chi connectivity index (χ0) is 63.1. The lowest BCUT2D eigenvalue weighted by molar-refractivity contribution is 0.403. The third-order valence-corrected chi connectivity index (χ3v) is 28.3. The molecule has 4 nitrogen and oxygen atoms in total. The minimum absolute atomic E-state index is 0.688. The van der Waals surface area contributed by atoms with Gasteiger partial charge < -0.3 is 0 Å². The van der Waals surface area contributed by atoms with Crippen LogP contribution < -0.4 is 0 Å². The van der Waals surface area contributed by atoms with Crippen LogP contribution in [0.5, 0.6) is 0 Å². The van der Waals surface area contributed by atoms with E-state index >= 15 is 0 Å². The van der Waals surface area contributed by atoms with Gasteiger partial charge in [-0.15, -0.1) is 45.3 Å². The van der Waals surface area contributed by atoms with Crippen molar-refractivity contribution in [3.8, 4) is 49.3 Å². The van der Waals surface area contributed by atoms with Crippen molar-refractivity contribution in [3.05, 3.63) is 56.3 Å². The normalized spacial score (nSPS) is 12.8. The van der Waals surface area contributed by atoms with E-state index in [1.165, 1.54) is 340 Å². The molecule has 0 bridgehead atoms. The summed E-state index contributed by atoms with van der Waals surface area (Å²) in [7, 11) is 0. The average Bonchev–Trinajstić information content (AvgIpc) is 1.67. The van der Waals surface area contributed by atoms with Crippen molar-refractivity contribution in [1.82, 2.24) is 19.9 Å². The van der Waals surface area contributed by atoms with Gasteiger partial charge in [-0.1, -0.05) is 331 Å². The highest BCUT2D eigenvalue weighted by Crippen LogP contribution is 2.50. The van der Waals surface area contributed by atoms with Crippen LogP contribution in [0.4, 0.5) is 0 Å². The highest BCUT2D eigenvalue weighted by atomic mass is 32.1. The predicted octanol–water partition coefficient (Wildman–Crippen LogP) is 30.1. The monoisotopic (exact) mass is 1370 g/mol. The molecule has 8 rings (SSSR count). The molecule has 8 aromatic rings. The first-order chi connectivity index (χ1) is 44.2. The van der Waals surface area contributed by atoms with E-state index in [2.05, 4.69) is 79.7 Å². The van der Waals surface area contributed by atoms with Crippen molar-refractivity contribution < 1.29 is 0 Å². The second-order valence-corrected chi connectivity index (χ2v) is 35.6. The van der Waals surface area contributed by atoms with E-state index < -0.39 is 0 Å². The Kier molecular flexibility index (Phi) is 34.1. The minimum atomic E-state index is 0.688. The summed E-state index contributed by atoms with van der Waals surface area (Å²) >= 11 is 15.3. The van der Waals surface area contributed by atoms with Gasteiger partial charge in [-0.05, 0) is 111 Å². The number of fused-ring (bicyclic) bond motifs is 2. The van der Waals surface area contributed by atoms with E-state index in [1.807, 2.05) is 90.7 Å². The number of thiophene rings is 4. The number of thiazole rings is 4. The molecule has 2 atom stereocenters. The lowest BCUT2D eigenvalue weighted by Crippen LogP contribution is -2.05. The van der Waals surface area contributed by atoms with Crippen LogP contribution in [0.25, 0.3) is 68.6 Å². The van der Waals surface area contributed by atoms with Crippen LogP contribution in [0.1, 0.15) is 330 Å². The summed E-state index contributed by atoms with van der Waals surface area (Å²) < 4.78 is 0. The summed E-state index contributed by atoms with van der Waals surface area (Å²) in [5.74, 6) is 1.44. The van der Waals surface area contributed by atoms with Gasteiger partial charge in [-0.3, -0.25) is 0 Å². The third-order valence-electron chi connectivity index (χ3n) is 18.9. The van der Waals surface area contributed by atoms with Gasteiger partial charge in [0, 0.05) is 19.5 Å². The summed E-state index contributed by atoms with van der Waals surface area (Å²) in [6, 6.07) is 10.2. The molecule has 0 aliphatic heterocycles. The molecule has 0 aliphatic carbocycles. The molecule has 0 fully saturated rings. The molecule has 0 saturated heterocycles. The topological polar surface area (TPSA) is 51.6 Å². The van der Waals surface area contributed by atoms with Gasteiger partial charge in [0.2, 0.25) is 0 Å². The zero-order valence-corrected chi connectivity index (χ0v) is 64.2. The van der Waals surface area contributed by atoms with Gasteiger partial charge in [-0.25, -0.2) is 19.9 Å². The lowest BCUT2D eigenvalue weighted by atomic mass is 9.88. The fraction of sp³-hybridized carbons (Fsp3) is 0.692. The summed E-state index contributed by atoms with van der Waals surface area (Å²) in [6.07, 6.45) is 58.6. The molecule has 0 radical (unpaired) electrons. The number of nitrogens with zero attached hydrogens (tertiary/aromatic N) is 4. The second kappa shape index (κ2) is 41.7. The number of rotatable bonds is 51. The average molecular weight is 1370 g/mol. The molecular weight excluding hydrogens is 1250 g/mol. The van der Waals surface area contributed by atoms with Crippen LogP contribution in [-0.2, 0) is 25.7 Å². The van der Waals surface area contributed by atoms with Crippen molar-refractivity contribution in [3.63, 3.8) is 0 Å². The Morgan fingerprint density at radius 3 is 0.867 bits per heavy atom. The number of hydrogen-bond donors (Lipinski definition) is 0. The van der Waals surface area contributed by atoms with E-state index in [9.17, 15) is 0 Å². The Bertz CT molecular complexity index is 3140. The maximum Gasteiger partial charge on any atom is 0.155 e. The van der Waals surface area contributed by atoms with Crippen LogP contribution in [0.2, 0.25) is 0 Å². The minimum Gasteiger partial charge on any atom is -0.222 e. The smallest absolute Gasteiger partial charge is 0.155 e. The second-order valence-electron chi connectivity index (χ2n) is 27.1. The Labute approximate surface area is 580 Å². The molecule has 0 saturated carbocycles. The lowest BCUT2D eigenvalue weighted by Gasteiger charge is -2.17. The summed E-state index contributed by atoms with van der Waals surface area (Å²) in [4.78, 5) is 37.8. The van der Waals surface area contributed by atoms with Crippen LogP contribution in [0, 0.1) is 25.7 Å². The highest BCUT2D eigenvalue weighted by Gasteiger charge is 2.26. The maximum absolute atomic E-state index is 5.64. The molecule has 8 heterocycles. The number of aryl methyl sites for hydroxylation is 4. The van der Waals surface area contributed by atoms with Crippen LogP contribution in [0.3, 0.4) is 0 Å². The molecule has 8 aromatic heterocycles. The molecule has 0 N–H and O–H groups in total. The molecule has 0 aromatic carbocycles. The molecule has 0 aliphatic rings. The fourth-order valence-corrected chi connectivity index (χ4v) is 22.8. The molecule has 2 unspecified atom stereocenters. The summed E-state index contributed by atoms with van der Waals surface area (Å²) in [6.45, 7) is 18.6. The van der Waals surface area contributed by atoms with Crippen LogP contribution in [0.15, 0.2) is 24.3 Å². The molecule has 0 amide bonds. The molecule has 498 valence electrons. The molecule has 12 heteroatoms. The van der Waals surface area contributed by atoms with Crippen molar-refractivity contribution in [2.24, 2.45) is 11.8 Å². The largest absolute Gasteiger partial charge is 0.222 e. The van der Waals surface area contributed by atoms with Crippen molar-refractivity contribution in [2.45, 2.75) is 338 Å². The van der Waals surface area contributed by atoms with Gasteiger partial charge in [0.1, 0.15) is 20.0 Å². The standard InChI is InChI=1S/C78H118N4S8/c1-9-15-21-27-31-33-37-43-49-61-51-57(7)83-67(61)71-79-75-76(87-71)80-72(88-75)68-62(50-44-38-34-32-28-22-16-10-2)55-65(85-68)66-56-64(54-60(46-40-26-20-14-6)48-42-36-30-24-18-12-4)70(86-66)74-82-78-77(90-74)81-73(89-78)69-63(52-58(8)84-69)53-59(45-39-25-19-13-5)47-41-35-29-23-17-11-3/h51-52,55-56,59-60H,9-50,53-54H2,1-8H3. The SMILES string of the molecule is CCCCCCCCCCc1cc(C)sc1-c1nc2sc(-c3sc(-c4cc(CC(CCCCCC)CCCCCCCC)c(-c5nc6sc(-c7sc(C)cc7CC(CCCCCC)CCCCCCCC)nc6s5)s4)cc3CCCCCCCCCC)nc2s1. The Morgan fingerprint density at radius 1 is 0.267 bits per heavy atom. The van der Waals surface area contributed by atoms with Crippen molar-refractivity contribution in [2.75, 3.05) is 0 Å². The Hall–Kier alpha value is -2.16. The first-order valence-electron chi connectivity index (χ1n) is 37.2. The van der Waals surface area contributed by atoms with E-state index in [4.69, 9.17) is 19.9 Å². The number of unbranched alkanes of at least 4 members (excludes halogenated alkanes) is 30.